The predicted octanol–water partition coefficient (Wildman–Crippen LogP) is 4.30. The van der Waals surface area contributed by atoms with Crippen LogP contribution >= 0.6 is 0 Å². The van der Waals surface area contributed by atoms with Crippen molar-refractivity contribution in [2.24, 2.45) is 0 Å². The van der Waals surface area contributed by atoms with Crippen molar-refractivity contribution in [3.63, 3.8) is 0 Å². The largest absolute Gasteiger partial charge is 0.497 e. The van der Waals surface area contributed by atoms with Gasteiger partial charge in [0.2, 0.25) is 0 Å². The molecule has 0 aliphatic rings. The summed E-state index contributed by atoms with van der Waals surface area (Å²) in [5.74, 6) is 0.831. The van der Waals surface area contributed by atoms with E-state index >= 15 is 0 Å². The summed E-state index contributed by atoms with van der Waals surface area (Å²) >= 11 is 0. The van der Waals surface area contributed by atoms with Crippen molar-refractivity contribution in [2.45, 2.75) is 0 Å². The molecule has 2 heterocycles. The second-order valence-corrected chi connectivity index (χ2v) is 5.25. The third-order valence-corrected chi connectivity index (χ3v) is 3.87. The van der Waals surface area contributed by atoms with Gasteiger partial charge in [-0.2, -0.15) is 0 Å². The maximum Gasteiger partial charge on any atom is 0.178 e. The molecule has 0 saturated heterocycles. The molecule has 0 saturated carbocycles. The summed E-state index contributed by atoms with van der Waals surface area (Å²) in [7, 11) is 1.66. The van der Waals surface area contributed by atoms with Crippen molar-refractivity contribution in [3.8, 4) is 28.1 Å². The van der Waals surface area contributed by atoms with Crippen molar-refractivity contribution in [2.75, 3.05) is 7.11 Å². The first-order valence-electron chi connectivity index (χ1n) is 7.39. The van der Waals surface area contributed by atoms with E-state index in [4.69, 9.17) is 4.74 Å². The van der Waals surface area contributed by atoms with Crippen LogP contribution in [0.1, 0.15) is 0 Å². The SMILES string of the molecule is COc1ccc(-c2cc(-c3ccccc3)c3[nH]cnc3n2)cc1. The van der Waals surface area contributed by atoms with Gasteiger partial charge >= 0.3 is 0 Å². The number of benzene rings is 2. The van der Waals surface area contributed by atoms with E-state index in [1.807, 2.05) is 42.5 Å². The molecule has 23 heavy (non-hydrogen) atoms. The number of fused-ring (bicyclic) bond motifs is 1. The normalized spacial score (nSPS) is 10.8. The lowest BCUT2D eigenvalue weighted by Crippen LogP contribution is -1.90. The van der Waals surface area contributed by atoms with Gasteiger partial charge in [-0.25, -0.2) is 9.97 Å². The molecule has 4 nitrogen and oxygen atoms in total. The lowest BCUT2D eigenvalue weighted by Gasteiger charge is -2.08. The summed E-state index contributed by atoms with van der Waals surface area (Å²) in [6.45, 7) is 0. The Bertz CT molecular complexity index is 943. The number of rotatable bonds is 3. The molecule has 4 heteroatoms. The fraction of sp³-hybridized carbons (Fsp3) is 0.0526. The molecular weight excluding hydrogens is 286 g/mol. The first kappa shape index (κ1) is 13.5. The summed E-state index contributed by atoms with van der Waals surface area (Å²) in [5, 5.41) is 0. The average Bonchev–Trinajstić information content (AvgIpc) is 3.10. The number of nitrogens with one attached hydrogen (secondary N) is 1. The van der Waals surface area contributed by atoms with Gasteiger partial charge in [0, 0.05) is 11.1 Å². The number of aromatic amines is 1. The average molecular weight is 301 g/mol. The van der Waals surface area contributed by atoms with Crippen LogP contribution in [0.5, 0.6) is 5.75 Å². The quantitative estimate of drug-likeness (QED) is 0.614. The molecule has 0 aliphatic heterocycles. The monoisotopic (exact) mass is 301 g/mol. The van der Waals surface area contributed by atoms with E-state index in [-0.39, 0.29) is 0 Å². The van der Waals surface area contributed by atoms with E-state index in [1.54, 1.807) is 13.4 Å². The Balaban J connectivity index is 1.91. The van der Waals surface area contributed by atoms with Gasteiger partial charge in [-0.15, -0.1) is 0 Å². The van der Waals surface area contributed by atoms with Crippen molar-refractivity contribution >= 4 is 11.2 Å². The minimum absolute atomic E-state index is 0.720. The Labute approximate surface area is 133 Å². The van der Waals surface area contributed by atoms with Gasteiger partial charge in [0.1, 0.15) is 5.75 Å². The standard InChI is InChI=1S/C19H15N3O/c1-23-15-9-7-14(8-10-15)17-11-16(13-5-3-2-4-6-13)18-19(22-17)21-12-20-18/h2-12H,1H3,(H,20,21,22). The summed E-state index contributed by atoms with van der Waals surface area (Å²) in [6.07, 6.45) is 1.68. The van der Waals surface area contributed by atoms with Gasteiger partial charge in [0.05, 0.1) is 24.6 Å². The molecule has 0 radical (unpaired) electrons. The lowest BCUT2D eigenvalue weighted by atomic mass is 10.0. The van der Waals surface area contributed by atoms with Crippen LogP contribution in [0.15, 0.2) is 67.0 Å². The zero-order valence-corrected chi connectivity index (χ0v) is 12.7. The van der Waals surface area contributed by atoms with Crippen molar-refractivity contribution in [3.05, 3.63) is 67.0 Å². The number of aromatic nitrogens is 3. The Morgan fingerprint density at radius 3 is 2.43 bits per heavy atom. The van der Waals surface area contributed by atoms with Crippen molar-refractivity contribution in [1.29, 1.82) is 0 Å². The number of methoxy groups -OCH3 is 1. The minimum atomic E-state index is 0.720. The molecule has 0 amide bonds. The number of ether oxygens (including phenoxy) is 1. The molecule has 0 fully saturated rings. The topological polar surface area (TPSA) is 50.8 Å². The molecule has 0 bridgehead atoms. The molecule has 0 aliphatic carbocycles. The first-order valence-corrected chi connectivity index (χ1v) is 7.39. The zero-order chi connectivity index (χ0) is 15.6. The van der Waals surface area contributed by atoms with Crippen LogP contribution in [0.3, 0.4) is 0 Å². The number of nitrogens with zero attached hydrogens (tertiary/aromatic N) is 2. The molecule has 0 spiro atoms. The third kappa shape index (κ3) is 2.44. The van der Waals surface area contributed by atoms with E-state index in [2.05, 4.69) is 33.2 Å². The van der Waals surface area contributed by atoms with Crippen LogP contribution in [0, 0.1) is 0 Å². The summed E-state index contributed by atoms with van der Waals surface area (Å²) < 4.78 is 5.22. The Morgan fingerprint density at radius 2 is 1.70 bits per heavy atom. The Kier molecular flexibility index (Phi) is 3.27. The smallest absolute Gasteiger partial charge is 0.178 e. The van der Waals surface area contributed by atoms with Crippen LogP contribution in [0.4, 0.5) is 0 Å². The van der Waals surface area contributed by atoms with Crippen LogP contribution in [-0.4, -0.2) is 22.1 Å². The van der Waals surface area contributed by atoms with Crippen molar-refractivity contribution < 1.29 is 4.74 Å². The molecular formula is C19H15N3O. The number of pyridine rings is 1. The fourth-order valence-electron chi connectivity index (χ4n) is 2.68. The van der Waals surface area contributed by atoms with Gasteiger partial charge in [0.15, 0.2) is 5.65 Å². The highest BCUT2D eigenvalue weighted by Crippen LogP contribution is 2.30. The van der Waals surface area contributed by atoms with E-state index in [0.29, 0.717) is 0 Å². The summed E-state index contributed by atoms with van der Waals surface area (Å²) in [5.41, 5.74) is 5.84. The van der Waals surface area contributed by atoms with Crippen molar-refractivity contribution in [1.82, 2.24) is 15.0 Å². The highest BCUT2D eigenvalue weighted by molar-refractivity contribution is 5.92. The van der Waals surface area contributed by atoms with E-state index < -0.39 is 0 Å². The Morgan fingerprint density at radius 1 is 0.913 bits per heavy atom. The second kappa shape index (κ2) is 5.57. The van der Waals surface area contributed by atoms with Crippen LogP contribution in [0.25, 0.3) is 33.5 Å². The van der Waals surface area contributed by atoms with Gasteiger partial charge in [-0.3, -0.25) is 0 Å². The molecule has 4 aromatic rings. The number of hydrogen-bond acceptors (Lipinski definition) is 3. The highest BCUT2D eigenvalue weighted by Gasteiger charge is 2.11. The number of imidazole rings is 1. The third-order valence-electron chi connectivity index (χ3n) is 3.87. The van der Waals surface area contributed by atoms with E-state index in [0.717, 1.165) is 39.3 Å². The summed E-state index contributed by atoms with van der Waals surface area (Å²) in [4.78, 5) is 12.2. The molecule has 1 N–H and O–H groups in total. The molecule has 2 aromatic carbocycles. The molecule has 4 rings (SSSR count). The van der Waals surface area contributed by atoms with Gasteiger partial charge in [0.25, 0.3) is 0 Å². The van der Waals surface area contributed by atoms with E-state index in [1.165, 1.54) is 0 Å². The molecule has 0 unspecified atom stereocenters. The van der Waals surface area contributed by atoms with Gasteiger partial charge in [-0.05, 0) is 35.9 Å². The maximum absolute atomic E-state index is 5.22. The Hall–Kier alpha value is -3.14. The number of hydrogen-bond donors (Lipinski definition) is 1. The van der Waals surface area contributed by atoms with Gasteiger partial charge < -0.3 is 9.72 Å². The van der Waals surface area contributed by atoms with Crippen LogP contribution < -0.4 is 4.74 Å². The minimum Gasteiger partial charge on any atom is -0.497 e. The second-order valence-electron chi connectivity index (χ2n) is 5.25. The van der Waals surface area contributed by atoms with E-state index in [9.17, 15) is 0 Å². The molecule has 2 aromatic heterocycles. The van der Waals surface area contributed by atoms with Crippen LogP contribution in [0.2, 0.25) is 0 Å². The summed E-state index contributed by atoms with van der Waals surface area (Å²) in [6, 6.07) is 20.2. The predicted molar refractivity (Wildman–Crippen MR) is 91.3 cm³/mol. The van der Waals surface area contributed by atoms with Gasteiger partial charge in [-0.1, -0.05) is 30.3 Å². The first-order chi connectivity index (χ1) is 11.3. The zero-order valence-electron chi connectivity index (χ0n) is 12.7. The maximum atomic E-state index is 5.22. The lowest BCUT2D eigenvalue weighted by molar-refractivity contribution is 0.415. The molecule has 0 atom stereocenters. The fourth-order valence-corrected chi connectivity index (χ4v) is 2.68. The highest BCUT2D eigenvalue weighted by atomic mass is 16.5. The van der Waals surface area contributed by atoms with Crippen LogP contribution in [-0.2, 0) is 0 Å². The molecule has 112 valence electrons. The number of H-pyrrole nitrogens is 1.